The predicted octanol–water partition coefficient (Wildman–Crippen LogP) is 4.94. The summed E-state index contributed by atoms with van der Waals surface area (Å²) in [6.45, 7) is 0.983. The Morgan fingerprint density at radius 1 is 1.08 bits per heavy atom. The van der Waals surface area contributed by atoms with Crippen LogP contribution in [0.5, 0.6) is 5.75 Å². The second-order valence-electron chi connectivity index (χ2n) is 7.15. The summed E-state index contributed by atoms with van der Waals surface area (Å²) < 4.78 is 39.5. The van der Waals surface area contributed by atoms with E-state index in [-0.39, 0.29) is 23.6 Å². The first-order valence-corrected chi connectivity index (χ1v) is 8.56. The Labute approximate surface area is 144 Å². The molecule has 2 nitrogen and oxygen atoms in total. The monoisotopic (exact) mass is 347 g/mol. The highest BCUT2D eigenvalue weighted by Gasteiger charge is 2.45. The third-order valence-electron chi connectivity index (χ3n) is 5.65. The molecule has 1 aliphatic carbocycles. The van der Waals surface area contributed by atoms with Crippen LogP contribution in [0, 0.1) is 5.92 Å². The van der Waals surface area contributed by atoms with Crippen LogP contribution in [0.25, 0.3) is 0 Å². The lowest BCUT2D eigenvalue weighted by Gasteiger charge is -2.37. The topological polar surface area (TPSA) is 23.5 Å². The van der Waals surface area contributed by atoms with Crippen LogP contribution in [0.3, 0.4) is 0 Å². The fourth-order valence-electron chi connectivity index (χ4n) is 4.68. The molecule has 1 heterocycles. The molecule has 25 heavy (non-hydrogen) atoms. The van der Waals surface area contributed by atoms with Crippen LogP contribution in [0.1, 0.15) is 47.1 Å². The first-order chi connectivity index (χ1) is 11.9. The van der Waals surface area contributed by atoms with E-state index >= 15 is 0 Å². The minimum Gasteiger partial charge on any atom is -0.508 e. The Morgan fingerprint density at radius 3 is 2.64 bits per heavy atom. The van der Waals surface area contributed by atoms with Gasteiger partial charge in [-0.25, -0.2) is 0 Å². The molecular formula is C20H20F3NO. The largest absolute Gasteiger partial charge is 0.508 e. The average Bonchev–Trinajstić information content (AvgIpc) is 2.88. The quantitative estimate of drug-likeness (QED) is 0.790. The van der Waals surface area contributed by atoms with Gasteiger partial charge in [-0.15, -0.1) is 0 Å². The number of likely N-dealkylation sites (tertiary alicyclic amines) is 1. The Morgan fingerprint density at radius 2 is 1.88 bits per heavy atom. The van der Waals surface area contributed by atoms with Crippen molar-refractivity contribution in [2.45, 2.75) is 31.0 Å². The smallest absolute Gasteiger partial charge is 0.416 e. The summed E-state index contributed by atoms with van der Waals surface area (Å²) in [6.07, 6.45) is -2.34. The molecule has 3 unspecified atom stereocenters. The predicted molar refractivity (Wildman–Crippen MR) is 89.5 cm³/mol. The minimum atomic E-state index is -4.35. The van der Waals surface area contributed by atoms with Crippen LogP contribution in [0.2, 0.25) is 0 Å². The van der Waals surface area contributed by atoms with Crippen LogP contribution in [-0.4, -0.2) is 23.6 Å². The Balaban J connectivity index is 1.85. The lowest BCUT2D eigenvalue weighted by molar-refractivity contribution is -0.137. The Hall–Kier alpha value is -2.01. The molecule has 0 amide bonds. The van der Waals surface area contributed by atoms with E-state index in [2.05, 4.69) is 11.9 Å². The molecule has 0 bridgehead atoms. The molecule has 4 rings (SSSR count). The van der Waals surface area contributed by atoms with E-state index in [1.807, 2.05) is 6.07 Å². The maximum absolute atomic E-state index is 13.2. The number of halogens is 3. The van der Waals surface area contributed by atoms with Crippen molar-refractivity contribution >= 4 is 0 Å². The van der Waals surface area contributed by atoms with Gasteiger partial charge in [0.1, 0.15) is 5.75 Å². The van der Waals surface area contributed by atoms with Crippen LogP contribution < -0.4 is 0 Å². The van der Waals surface area contributed by atoms with Crippen molar-refractivity contribution < 1.29 is 18.3 Å². The minimum absolute atomic E-state index is 0.114. The van der Waals surface area contributed by atoms with E-state index in [1.54, 1.807) is 18.2 Å². The molecule has 0 saturated carbocycles. The van der Waals surface area contributed by atoms with E-state index in [4.69, 9.17) is 0 Å². The van der Waals surface area contributed by atoms with Gasteiger partial charge < -0.3 is 5.11 Å². The normalized spacial score (nSPS) is 26.3. The molecule has 2 aromatic rings. The summed E-state index contributed by atoms with van der Waals surface area (Å²) in [5, 5.41) is 9.95. The van der Waals surface area contributed by atoms with E-state index in [0.29, 0.717) is 5.56 Å². The molecule has 0 spiro atoms. The number of hydrogen-bond acceptors (Lipinski definition) is 2. The number of aromatic hydroxyl groups is 1. The van der Waals surface area contributed by atoms with Crippen molar-refractivity contribution in [3.05, 3.63) is 64.7 Å². The highest BCUT2D eigenvalue weighted by Crippen LogP contribution is 2.55. The highest BCUT2D eigenvalue weighted by molar-refractivity contribution is 5.50. The van der Waals surface area contributed by atoms with Gasteiger partial charge in [-0.05, 0) is 67.2 Å². The molecule has 2 aromatic carbocycles. The van der Waals surface area contributed by atoms with Gasteiger partial charge in [0.05, 0.1) is 5.56 Å². The van der Waals surface area contributed by atoms with Crippen LogP contribution in [0.15, 0.2) is 42.5 Å². The molecule has 132 valence electrons. The number of piperidine rings is 1. The number of fused-ring (bicyclic) bond motifs is 3. The number of phenolic OH excluding ortho intramolecular Hbond substituents is 1. The maximum Gasteiger partial charge on any atom is 0.416 e. The summed E-state index contributed by atoms with van der Waals surface area (Å²) in [7, 11) is 2.07. The summed E-state index contributed by atoms with van der Waals surface area (Å²) in [6, 6.07) is 11.2. The number of rotatable bonds is 1. The van der Waals surface area contributed by atoms with Crippen LogP contribution in [0.4, 0.5) is 13.2 Å². The molecule has 0 radical (unpaired) electrons. The van der Waals surface area contributed by atoms with Crippen molar-refractivity contribution in [2.24, 2.45) is 5.92 Å². The second kappa shape index (κ2) is 5.77. The van der Waals surface area contributed by atoms with Crippen molar-refractivity contribution in [1.82, 2.24) is 4.90 Å². The van der Waals surface area contributed by atoms with Crippen LogP contribution >= 0.6 is 0 Å². The molecule has 1 aliphatic heterocycles. The van der Waals surface area contributed by atoms with E-state index in [0.717, 1.165) is 36.6 Å². The maximum atomic E-state index is 13.2. The Bertz CT molecular complexity index is 802. The molecule has 2 aliphatic rings. The molecule has 3 atom stereocenters. The van der Waals surface area contributed by atoms with E-state index < -0.39 is 11.7 Å². The third-order valence-corrected chi connectivity index (χ3v) is 5.65. The van der Waals surface area contributed by atoms with Gasteiger partial charge in [-0.3, -0.25) is 4.90 Å². The summed E-state index contributed by atoms with van der Waals surface area (Å²) in [4.78, 5) is 2.29. The van der Waals surface area contributed by atoms with Gasteiger partial charge in [0.2, 0.25) is 0 Å². The first kappa shape index (κ1) is 16.5. The summed E-state index contributed by atoms with van der Waals surface area (Å²) in [5.41, 5.74) is 2.17. The van der Waals surface area contributed by atoms with Crippen LogP contribution in [-0.2, 0) is 6.18 Å². The lowest BCUT2D eigenvalue weighted by atomic mass is 9.79. The van der Waals surface area contributed by atoms with Crippen molar-refractivity contribution in [2.75, 3.05) is 13.6 Å². The van der Waals surface area contributed by atoms with Crippen molar-refractivity contribution in [3.63, 3.8) is 0 Å². The standard InChI is InChI=1S/C20H20F3NO/c1-24-9-3-6-16-18(12-4-2-5-13(10-12)20(21,22)23)17-11-14(25)7-8-15(17)19(16)24/h2,4-5,7-8,10-11,16,18-19,25H,3,6,9H2,1H3. The zero-order valence-electron chi connectivity index (χ0n) is 13.9. The Kier molecular flexibility index (Phi) is 3.80. The molecule has 1 N–H and O–H groups in total. The average molecular weight is 347 g/mol. The number of benzene rings is 2. The van der Waals surface area contributed by atoms with Crippen molar-refractivity contribution in [1.29, 1.82) is 0 Å². The van der Waals surface area contributed by atoms with Gasteiger partial charge in [0, 0.05) is 12.0 Å². The van der Waals surface area contributed by atoms with Crippen molar-refractivity contribution in [3.8, 4) is 5.75 Å². The second-order valence-corrected chi connectivity index (χ2v) is 7.15. The number of hydrogen-bond donors (Lipinski definition) is 1. The summed E-state index contributed by atoms with van der Waals surface area (Å²) in [5.74, 6) is 0.285. The third kappa shape index (κ3) is 2.71. The molecule has 1 saturated heterocycles. The number of alkyl halides is 3. The zero-order valence-corrected chi connectivity index (χ0v) is 13.9. The SMILES string of the molecule is CN1CCCC2C(c3cccc(C(F)(F)F)c3)c3cc(O)ccc3C21. The molecule has 5 heteroatoms. The first-order valence-electron chi connectivity index (χ1n) is 8.56. The van der Waals surface area contributed by atoms with Gasteiger partial charge in [0.25, 0.3) is 0 Å². The lowest BCUT2D eigenvalue weighted by Crippen LogP contribution is -2.34. The molecule has 1 fully saturated rings. The van der Waals surface area contributed by atoms with Gasteiger partial charge >= 0.3 is 6.18 Å². The van der Waals surface area contributed by atoms with Gasteiger partial charge in [-0.1, -0.05) is 24.3 Å². The van der Waals surface area contributed by atoms with Gasteiger partial charge in [0.15, 0.2) is 0 Å². The van der Waals surface area contributed by atoms with Gasteiger partial charge in [-0.2, -0.15) is 13.2 Å². The number of nitrogens with zero attached hydrogens (tertiary/aromatic N) is 1. The summed E-state index contributed by atoms with van der Waals surface area (Å²) >= 11 is 0. The fourth-order valence-corrected chi connectivity index (χ4v) is 4.68. The number of phenols is 1. The highest BCUT2D eigenvalue weighted by atomic mass is 19.4. The fraction of sp³-hybridized carbons (Fsp3) is 0.400. The molecule has 0 aromatic heterocycles. The molecular weight excluding hydrogens is 327 g/mol. The van der Waals surface area contributed by atoms with E-state index in [1.165, 1.54) is 12.1 Å². The van der Waals surface area contributed by atoms with E-state index in [9.17, 15) is 18.3 Å². The zero-order chi connectivity index (χ0) is 17.8.